The first-order chi connectivity index (χ1) is 7.24. The molecule has 1 N–H and O–H groups in total. The zero-order valence-electron chi connectivity index (χ0n) is 9.90. The van der Waals surface area contributed by atoms with Crippen LogP contribution in [0, 0.1) is 0 Å². The summed E-state index contributed by atoms with van der Waals surface area (Å²) in [5.74, 6) is 0.0440. The lowest BCUT2D eigenvalue weighted by Gasteiger charge is -2.22. The maximum Gasteiger partial charge on any atom is 0.151 e. The fourth-order valence-electron chi connectivity index (χ4n) is 1.48. The van der Waals surface area contributed by atoms with E-state index in [0.717, 1.165) is 11.1 Å². The topological polar surface area (TPSA) is 54.4 Å². The standard InChI is InChI=1S/C12H18O3S/c1-12(2,9-13)11-6-4-5-10(7-11)8-16(3,14)15/h4-7,13H,8-9H2,1-3H3. The van der Waals surface area contributed by atoms with Crippen molar-refractivity contribution >= 4 is 9.84 Å². The molecular formula is C12H18O3S. The summed E-state index contributed by atoms with van der Waals surface area (Å²) in [5, 5.41) is 9.25. The lowest BCUT2D eigenvalue weighted by atomic mass is 9.85. The summed E-state index contributed by atoms with van der Waals surface area (Å²) in [6.45, 7) is 3.88. The summed E-state index contributed by atoms with van der Waals surface area (Å²) in [7, 11) is -3.01. The molecule has 4 heteroatoms. The maximum absolute atomic E-state index is 11.2. The van der Waals surface area contributed by atoms with Crippen molar-refractivity contribution in [2.75, 3.05) is 12.9 Å². The van der Waals surface area contributed by atoms with Gasteiger partial charge in [0.2, 0.25) is 0 Å². The highest BCUT2D eigenvalue weighted by Gasteiger charge is 2.19. The minimum absolute atomic E-state index is 0.0370. The molecule has 0 amide bonds. The van der Waals surface area contributed by atoms with Crippen molar-refractivity contribution in [1.29, 1.82) is 0 Å². The molecule has 0 heterocycles. The fourth-order valence-corrected chi connectivity index (χ4v) is 2.26. The Morgan fingerprint density at radius 2 is 1.94 bits per heavy atom. The van der Waals surface area contributed by atoms with E-state index >= 15 is 0 Å². The van der Waals surface area contributed by atoms with Gasteiger partial charge in [0.05, 0.1) is 12.4 Å². The average Bonchev–Trinajstić information content (AvgIpc) is 2.15. The molecule has 0 spiro atoms. The number of aliphatic hydroxyl groups is 1. The molecule has 0 atom stereocenters. The highest BCUT2D eigenvalue weighted by atomic mass is 32.2. The third kappa shape index (κ3) is 3.61. The minimum atomic E-state index is -3.01. The second-order valence-corrected chi connectivity index (χ2v) is 6.95. The van der Waals surface area contributed by atoms with Gasteiger partial charge in [-0.1, -0.05) is 38.1 Å². The van der Waals surface area contributed by atoms with E-state index in [-0.39, 0.29) is 17.8 Å². The Balaban J connectivity index is 3.05. The maximum atomic E-state index is 11.2. The van der Waals surface area contributed by atoms with Crippen molar-refractivity contribution in [1.82, 2.24) is 0 Å². The van der Waals surface area contributed by atoms with Crippen LogP contribution in [-0.4, -0.2) is 26.4 Å². The molecule has 0 saturated heterocycles. The van der Waals surface area contributed by atoms with Crippen molar-refractivity contribution < 1.29 is 13.5 Å². The van der Waals surface area contributed by atoms with Crippen molar-refractivity contribution in [2.24, 2.45) is 0 Å². The third-order valence-corrected chi connectivity index (χ3v) is 3.39. The molecular weight excluding hydrogens is 224 g/mol. The highest BCUT2D eigenvalue weighted by Crippen LogP contribution is 2.23. The monoisotopic (exact) mass is 242 g/mol. The Morgan fingerprint density at radius 1 is 1.31 bits per heavy atom. The molecule has 0 aromatic heterocycles. The van der Waals surface area contributed by atoms with Crippen LogP contribution in [0.4, 0.5) is 0 Å². The lowest BCUT2D eigenvalue weighted by molar-refractivity contribution is 0.218. The first-order valence-electron chi connectivity index (χ1n) is 5.12. The SMILES string of the molecule is CC(C)(CO)c1cccc(CS(C)(=O)=O)c1. The van der Waals surface area contributed by atoms with Gasteiger partial charge in [-0.25, -0.2) is 8.42 Å². The van der Waals surface area contributed by atoms with Gasteiger partial charge < -0.3 is 5.11 Å². The van der Waals surface area contributed by atoms with Gasteiger partial charge in [-0.05, 0) is 11.1 Å². The number of rotatable bonds is 4. The highest BCUT2D eigenvalue weighted by molar-refractivity contribution is 7.89. The van der Waals surface area contributed by atoms with Crippen molar-refractivity contribution in [2.45, 2.75) is 25.0 Å². The van der Waals surface area contributed by atoms with Crippen LogP contribution < -0.4 is 0 Å². The van der Waals surface area contributed by atoms with E-state index in [1.807, 2.05) is 32.0 Å². The van der Waals surface area contributed by atoms with Crippen LogP contribution >= 0.6 is 0 Å². The van der Waals surface area contributed by atoms with E-state index in [9.17, 15) is 13.5 Å². The molecule has 0 fully saturated rings. The fraction of sp³-hybridized carbons (Fsp3) is 0.500. The molecule has 3 nitrogen and oxygen atoms in total. The summed E-state index contributed by atoms with van der Waals surface area (Å²) in [4.78, 5) is 0. The quantitative estimate of drug-likeness (QED) is 0.870. The number of aliphatic hydroxyl groups excluding tert-OH is 1. The van der Waals surface area contributed by atoms with Crippen molar-refractivity contribution in [3.05, 3.63) is 35.4 Å². The molecule has 0 aliphatic rings. The molecule has 1 rings (SSSR count). The molecule has 0 aliphatic heterocycles. The summed E-state index contributed by atoms with van der Waals surface area (Å²) < 4.78 is 22.4. The van der Waals surface area contributed by atoms with Crippen LogP contribution in [0.15, 0.2) is 24.3 Å². The van der Waals surface area contributed by atoms with E-state index in [0.29, 0.717) is 0 Å². The van der Waals surface area contributed by atoms with Crippen molar-refractivity contribution in [3.8, 4) is 0 Å². The van der Waals surface area contributed by atoms with E-state index in [1.54, 1.807) is 6.07 Å². The Morgan fingerprint density at radius 3 is 2.44 bits per heavy atom. The zero-order chi connectivity index (χ0) is 12.4. The van der Waals surface area contributed by atoms with Gasteiger partial charge in [0.15, 0.2) is 9.84 Å². The van der Waals surface area contributed by atoms with E-state index in [1.165, 1.54) is 6.26 Å². The summed E-state index contributed by atoms with van der Waals surface area (Å²) in [6.07, 6.45) is 1.22. The van der Waals surface area contributed by atoms with Crippen LogP contribution in [0.2, 0.25) is 0 Å². The van der Waals surface area contributed by atoms with Gasteiger partial charge in [0.1, 0.15) is 0 Å². The minimum Gasteiger partial charge on any atom is -0.395 e. The first kappa shape index (κ1) is 13.2. The average molecular weight is 242 g/mol. The molecule has 1 aromatic rings. The summed E-state index contributed by atoms with van der Waals surface area (Å²) in [5.41, 5.74) is 1.38. The smallest absolute Gasteiger partial charge is 0.151 e. The number of hydrogen-bond donors (Lipinski definition) is 1. The second-order valence-electron chi connectivity index (χ2n) is 4.81. The third-order valence-electron chi connectivity index (χ3n) is 2.53. The van der Waals surface area contributed by atoms with Gasteiger partial charge in [-0.15, -0.1) is 0 Å². The van der Waals surface area contributed by atoms with Crippen LogP contribution in [0.3, 0.4) is 0 Å². The van der Waals surface area contributed by atoms with Gasteiger partial charge >= 0.3 is 0 Å². The predicted molar refractivity (Wildman–Crippen MR) is 65.1 cm³/mol. The zero-order valence-corrected chi connectivity index (χ0v) is 10.7. The molecule has 0 radical (unpaired) electrons. The summed E-state index contributed by atoms with van der Waals surface area (Å²) in [6, 6.07) is 7.37. The molecule has 0 unspecified atom stereocenters. The molecule has 1 aromatic carbocycles. The molecule has 0 bridgehead atoms. The second kappa shape index (κ2) is 4.55. The largest absolute Gasteiger partial charge is 0.395 e. The van der Waals surface area contributed by atoms with Gasteiger partial charge in [0.25, 0.3) is 0 Å². The molecule has 16 heavy (non-hydrogen) atoms. The van der Waals surface area contributed by atoms with Crippen LogP contribution in [0.1, 0.15) is 25.0 Å². The number of hydrogen-bond acceptors (Lipinski definition) is 3. The first-order valence-corrected chi connectivity index (χ1v) is 7.19. The van der Waals surface area contributed by atoms with Crippen LogP contribution in [0.5, 0.6) is 0 Å². The molecule has 0 aliphatic carbocycles. The Labute approximate surface area is 97.0 Å². The lowest BCUT2D eigenvalue weighted by Crippen LogP contribution is -2.22. The van der Waals surface area contributed by atoms with Gasteiger partial charge in [0, 0.05) is 11.7 Å². The number of benzene rings is 1. The predicted octanol–water partition coefficient (Wildman–Crippen LogP) is 1.50. The van der Waals surface area contributed by atoms with Gasteiger partial charge in [-0.2, -0.15) is 0 Å². The Kier molecular flexibility index (Phi) is 3.76. The van der Waals surface area contributed by atoms with E-state index < -0.39 is 9.84 Å². The normalized spacial score (nSPS) is 12.8. The Hall–Kier alpha value is -0.870. The van der Waals surface area contributed by atoms with Crippen LogP contribution in [-0.2, 0) is 21.0 Å². The van der Waals surface area contributed by atoms with Crippen molar-refractivity contribution in [3.63, 3.8) is 0 Å². The summed E-state index contributed by atoms with van der Waals surface area (Å²) >= 11 is 0. The Bertz CT molecular complexity index is 461. The molecule has 0 saturated carbocycles. The van der Waals surface area contributed by atoms with Gasteiger partial charge in [-0.3, -0.25) is 0 Å². The van der Waals surface area contributed by atoms with E-state index in [4.69, 9.17) is 0 Å². The molecule has 90 valence electrons. The van der Waals surface area contributed by atoms with Crippen LogP contribution in [0.25, 0.3) is 0 Å². The van der Waals surface area contributed by atoms with E-state index in [2.05, 4.69) is 0 Å². The number of sulfone groups is 1.